The Morgan fingerprint density at radius 1 is 1.53 bits per heavy atom. The van der Waals surface area contributed by atoms with Crippen LogP contribution in [0.5, 0.6) is 0 Å². The van der Waals surface area contributed by atoms with E-state index in [-0.39, 0.29) is 11.6 Å². The second-order valence-electron chi connectivity index (χ2n) is 4.40. The number of hydrogen-bond acceptors (Lipinski definition) is 3. The molecule has 1 aromatic rings. The molecular formula is C12H12ClFN2O3. The second kappa shape index (κ2) is 5.52. The van der Waals surface area contributed by atoms with Gasteiger partial charge in [0.1, 0.15) is 5.82 Å². The third-order valence-electron chi connectivity index (χ3n) is 3.16. The molecular weight excluding hydrogens is 275 g/mol. The summed E-state index contributed by atoms with van der Waals surface area (Å²) in [5.41, 5.74) is -0.436. The number of carbonyl (C=O) groups excluding carboxylic acids is 1. The molecule has 1 amide bonds. The maximum absolute atomic E-state index is 13.3. The molecule has 0 bridgehead atoms. The number of likely N-dealkylation sites (tertiary alicyclic amines) is 1. The maximum Gasteiger partial charge on any atom is 0.273 e. The first-order valence-corrected chi connectivity index (χ1v) is 6.38. The molecule has 2 rings (SSSR count). The molecule has 0 aromatic heterocycles. The number of benzene rings is 1. The summed E-state index contributed by atoms with van der Waals surface area (Å²) in [6.07, 6.45) is 1.63. The predicted octanol–water partition coefficient (Wildman–Crippen LogP) is 2.58. The van der Waals surface area contributed by atoms with Crippen molar-refractivity contribution in [1.29, 1.82) is 0 Å². The second-order valence-corrected chi connectivity index (χ2v) is 4.71. The van der Waals surface area contributed by atoms with Gasteiger partial charge in [0, 0.05) is 30.1 Å². The van der Waals surface area contributed by atoms with Gasteiger partial charge in [-0.25, -0.2) is 4.39 Å². The highest BCUT2D eigenvalue weighted by molar-refractivity contribution is 6.18. The van der Waals surface area contributed by atoms with Crippen molar-refractivity contribution in [1.82, 2.24) is 4.90 Å². The zero-order valence-corrected chi connectivity index (χ0v) is 10.8. The van der Waals surface area contributed by atoms with Crippen molar-refractivity contribution in [2.75, 3.05) is 12.4 Å². The number of non-ortho nitro benzene ring substituents is 1. The van der Waals surface area contributed by atoms with E-state index in [1.54, 1.807) is 4.90 Å². The van der Waals surface area contributed by atoms with E-state index in [2.05, 4.69) is 0 Å². The van der Waals surface area contributed by atoms with Crippen LogP contribution >= 0.6 is 11.6 Å². The predicted molar refractivity (Wildman–Crippen MR) is 67.8 cm³/mol. The lowest BCUT2D eigenvalue weighted by atomic mass is 10.1. The molecule has 1 heterocycles. The van der Waals surface area contributed by atoms with Gasteiger partial charge in [0.25, 0.3) is 11.6 Å². The Hall–Kier alpha value is -1.69. The third-order valence-corrected chi connectivity index (χ3v) is 3.51. The SMILES string of the molecule is O=C(c1cc(F)cc([N+](=O)[O-])c1)N1CCCC1CCl. The monoisotopic (exact) mass is 286 g/mol. The molecule has 0 radical (unpaired) electrons. The maximum atomic E-state index is 13.3. The van der Waals surface area contributed by atoms with Crippen molar-refractivity contribution < 1.29 is 14.1 Å². The highest BCUT2D eigenvalue weighted by atomic mass is 35.5. The van der Waals surface area contributed by atoms with Crippen LogP contribution in [-0.2, 0) is 0 Å². The largest absolute Gasteiger partial charge is 0.334 e. The standard InChI is InChI=1S/C12H12ClFN2O3/c13-7-10-2-1-3-15(10)12(17)8-4-9(14)6-11(5-8)16(18)19/h4-6,10H,1-3,7H2. The first-order valence-electron chi connectivity index (χ1n) is 5.85. The number of amides is 1. The molecule has 0 spiro atoms. The Balaban J connectivity index is 2.30. The molecule has 1 unspecified atom stereocenters. The van der Waals surface area contributed by atoms with E-state index < -0.39 is 22.3 Å². The minimum absolute atomic E-state index is 0.0104. The normalized spacial score (nSPS) is 18.6. The summed E-state index contributed by atoms with van der Waals surface area (Å²) in [4.78, 5) is 23.7. The van der Waals surface area contributed by atoms with Crippen molar-refractivity contribution in [3.8, 4) is 0 Å². The Labute approximate surface area is 114 Å². The van der Waals surface area contributed by atoms with Crippen LogP contribution < -0.4 is 0 Å². The molecule has 0 saturated carbocycles. The number of alkyl halides is 1. The lowest BCUT2D eigenvalue weighted by molar-refractivity contribution is -0.385. The van der Waals surface area contributed by atoms with Crippen molar-refractivity contribution in [3.63, 3.8) is 0 Å². The molecule has 1 aliphatic heterocycles. The van der Waals surface area contributed by atoms with E-state index in [1.165, 1.54) is 0 Å². The Bertz CT molecular complexity index is 524. The zero-order chi connectivity index (χ0) is 14.0. The summed E-state index contributed by atoms with van der Waals surface area (Å²) >= 11 is 5.77. The van der Waals surface area contributed by atoms with E-state index in [1.807, 2.05) is 0 Å². The van der Waals surface area contributed by atoms with Gasteiger partial charge in [-0.3, -0.25) is 14.9 Å². The van der Waals surface area contributed by atoms with Crippen LogP contribution in [0.15, 0.2) is 18.2 Å². The number of nitro benzene ring substituents is 1. The van der Waals surface area contributed by atoms with Crippen molar-refractivity contribution in [2.24, 2.45) is 0 Å². The summed E-state index contributed by atoms with van der Waals surface area (Å²) in [7, 11) is 0. The zero-order valence-electron chi connectivity index (χ0n) is 10.0. The minimum atomic E-state index is -0.792. The van der Waals surface area contributed by atoms with E-state index in [0.717, 1.165) is 31.0 Å². The van der Waals surface area contributed by atoms with Crippen LogP contribution in [0.1, 0.15) is 23.2 Å². The fraction of sp³-hybridized carbons (Fsp3) is 0.417. The highest BCUT2D eigenvalue weighted by Crippen LogP contribution is 2.23. The van der Waals surface area contributed by atoms with Crippen LogP contribution in [0.2, 0.25) is 0 Å². The summed E-state index contributed by atoms with van der Waals surface area (Å²) in [5, 5.41) is 10.7. The van der Waals surface area contributed by atoms with Gasteiger partial charge in [-0.2, -0.15) is 0 Å². The molecule has 1 fully saturated rings. The number of hydrogen-bond donors (Lipinski definition) is 0. The molecule has 19 heavy (non-hydrogen) atoms. The summed E-state index contributed by atoms with van der Waals surface area (Å²) in [6, 6.07) is 2.81. The van der Waals surface area contributed by atoms with Crippen LogP contribution in [0.4, 0.5) is 10.1 Å². The fourth-order valence-corrected chi connectivity index (χ4v) is 2.55. The van der Waals surface area contributed by atoms with Crippen LogP contribution in [0, 0.1) is 15.9 Å². The topological polar surface area (TPSA) is 63.4 Å². The number of halogens is 2. The first-order chi connectivity index (χ1) is 9.02. The molecule has 1 saturated heterocycles. The molecule has 102 valence electrons. The third kappa shape index (κ3) is 2.84. The van der Waals surface area contributed by atoms with Gasteiger partial charge in [0.15, 0.2) is 0 Å². The lowest BCUT2D eigenvalue weighted by Crippen LogP contribution is -2.36. The molecule has 1 aromatic carbocycles. The Morgan fingerprint density at radius 2 is 2.26 bits per heavy atom. The van der Waals surface area contributed by atoms with E-state index in [0.29, 0.717) is 12.4 Å². The van der Waals surface area contributed by atoms with Gasteiger partial charge in [-0.15, -0.1) is 11.6 Å². The van der Waals surface area contributed by atoms with Crippen LogP contribution in [0.25, 0.3) is 0 Å². The average Bonchev–Trinajstić information content (AvgIpc) is 2.85. The quantitative estimate of drug-likeness (QED) is 0.487. The van der Waals surface area contributed by atoms with Crippen molar-refractivity contribution >= 4 is 23.2 Å². The number of rotatable bonds is 3. The van der Waals surface area contributed by atoms with Gasteiger partial charge in [0.2, 0.25) is 0 Å². The Kier molecular flexibility index (Phi) is 3.99. The first kappa shape index (κ1) is 13.7. The van der Waals surface area contributed by atoms with E-state index in [9.17, 15) is 19.3 Å². The van der Waals surface area contributed by atoms with Gasteiger partial charge >= 0.3 is 0 Å². The summed E-state index contributed by atoms with van der Waals surface area (Å²) in [5.74, 6) is -0.895. The molecule has 7 heteroatoms. The summed E-state index contributed by atoms with van der Waals surface area (Å²) in [6.45, 7) is 0.542. The lowest BCUT2D eigenvalue weighted by Gasteiger charge is -2.22. The van der Waals surface area contributed by atoms with Crippen LogP contribution in [0.3, 0.4) is 0 Å². The molecule has 0 N–H and O–H groups in total. The number of carbonyl (C=O) groups is 1. The van der Waals surface area contributed by atoms with Crippen LogP contribution in [-0.4, -0.2) is 34.2 Å². The average molecular weight is 287 g/mol. The summed E-state index contributed by atoms with van der Waals surface area (Å²) < 4.78 is 13.3. The molecule has 0 aliphatic carbocycles. The van der Waals surface area contributed by atoms with Gasteiger partial charge in [0.05, 0.1) is 11.0 Å². The van der Waals surface area contributed by atoms with Gasteiger partial charge < -0.3 is 4.90 Å². The number of nitrogens with zero attached hydrogens (tertiary/aromatic N) is 2. The van der Waals surface area contributed by atoms with Crippen molar-refractivity contribution in [3.05, 3.63) is 39.7 Å². The molecule has 1 atom stereocenters. The number of nitro groups is 1. The van der Waals surface area contributed by atoms with Gasteiger partial charge in [-0.1, -0.05) is 0 Å². The minimum Gasteiger partial charge on any atom is -0.334 e. The van der Waals surface area contributed by atoms with Crippen molar-refractivity contribution in [2.45, 2.75) is 18.9 Å². The van der Waals surface area contributed by atoms with E-state index in [4.69, 9.17) is 11.6 Å². The van der Waals surface area contributed by atoms with Gasteiger partial charge in [-0.05, 0) is 18.9 Å². The highest BCUT2D eigenvalue weighted by Gasteiger charge is 2.29. The smallest absolute Gasteiger partial charge is 0.273 e. The molecule has 5 nitrogen and oxygen atoms in total. The fourth-order valence-electron chi connectivity index (χ4n) is 2.23. The van der Waals surface area contributed by atoms with E-state index >= 15 is 0 Å². The molecule has 1 aliphatic rings. The Morgan fingerprint density at radius 3 is 2.89 bits per heavy atom.